The van der Waals surface area contributed by atoms with Gasteiger partial charge in [0.15, 0.2) is 5.96 Å². The van der Waals surface area contributed by atoms with Crippen molar-refractivity contribution in [3.05, 3.63) is 35.9 Å². The third kappa shape index (κ3) is 9.41. The predicted octanol–water partition coefficient (Wildman–Crippen LogP) is 2.32. The second-order valence-electron chi connectivity index (χ2n) is 6.93. The molecule has 1 heterocycles. The van der Waals surface area contributed by atoms with Crippen LogP contribution in [-0.4, -0.2) is 63.1 Å². The molecule has 6 nitrogen and oxygen atoms in total. The van der Waals surface area contributed by atoms with Gasteiger partial charge in [-0.05, 0) is 56.9 Å². The number of hydrogen-bond acceptors (Lipinski definition) is 3. The molecule has 0 atom stereocenters. The van der Waals surface area contributed by atoms with Crippen LogP contribution in [0.25, 0.3) is 0 Å². The van der Waals surface area contributed by atoms with Gasteiger partial charge < -0.3 is 20.9 Å². The fourth-order valence-electron chi connectivity index (χ4n) is 3.06. The Morgan fingerprint density at radius 3 is 2.37 bits per heavy atom. The molecular formula is C20H34IN5O. The topological polar surface area (TPSA) is 68.8 Å². The summed E-state index contributed by atoms with van der Waals surface area (Å²) in [7, 11) is 1.77. The second kappa shape index (κ2) is 13.8. The lowest BCUT2D eigenvalue weighted by molar-refractivity contribution is 0.0954. The van der Waals surface area contributed by atoms with Gasteiger partial charge in [0.1, 0.15) is 0 Å². The van der Waals surface area contributed by atoms with E-state index < -0.39 is 0 Å². The van der Waals surface area contributed by atoms with Gasteiger partial charge in [0, 0.05) is 32.2 Å². The van der Waals surface area contributed by atoms with Crippen LogP contribution in [0.15, 0.2) is 35.3 Å². The Labute approximate surface area is 180 Å². The van der Waals surface area contributed by atoms with Crippen molar-refractivity contribution in [2.24, 2.45) is 10.9 Å². The van der Waals surface area contributed by atoms with Crippen molar-refractivity contribution in [3.8, 4) is 0 Å². The maximum absolute atomic E-state index is 12.0. The van der Waals surface area contributed by atoms with E-state index >= 15 is 0 Å². The molecule has 0 spiro atoms. The van der Waals surface area contributed by atoms with E-state index in [0.29, 0.717) is 18.7 Å². The van der Waals surface area contributed by atoms with Crippen LogP contribution in [-0.2, 0) is 0 Å². The molecule has 1 amide bonds. The van der Waals surface area contributed by atoms with Crippen molar-refractivity contribution < 1.29 is 4.79 Å². The van der Waals surface area contributed by atoms with Crippen LogP contribution in [0.3, 0.4) is 0 Å². The molecule has 1 aromatic carbocycles. The second-order valence-corrected chi connectivity index (χ2v) is 6.93. The molecule has 7 heteroatoms. The van der Waals surface area contributed by atoms with Crippen LogP contribution in [0, 0.1) is 5.92 Å². The van der Waals surface area contributed by atoms with Gasteiger partial charge in [-0.1, -0.05) is 25.1 Å². The van der Waals surface area contributed by atoms with E-state index in [4.69, 9.17) is 0 Å². The van der Waals surface area contributed by atoms with Crippen LogP contribution in [0.2, 0.25) is 0 Å². The Morgan fingerprint density at radius 2 is 1.70 bits per heavy atom. The highest BCUT2D eigenvalue weighted by Crippen LogP contribution is 2.15. The molecule has 0 aliphatic carbocycles. The molecule has 3 N–H and O–H groups in total. The zero-order valence-electron chi connectivity index (χ0n) is 16.5. The minimum absolute atomic E-state index is 0. The summed E-state index contributed by atoms with van der Waals surface area (Å²) in [6.45, 7) is 8.05. The number of nitrogens with zero attached hydrogens (tertiary/aromatic N) is 2. The summed E-state index contributed by atoms with van der Waals surface area (Å²) < 4.78 is 0. The normalized spacial score (nSPS) is 15.7. The summed E-state index contributed by atoms with van der Waals surface area (Å²) in [4.78, 5) is 18.7. The highest BCUT2D eigenvalue weighted by molar-refractivity contribution is 14.0. The number of carbonyl (C=O) groups excluding carboxylic acids is 1. The molecule has 1 fully saturated rings. The first-order chi connectivity index (χ1) is 12.7. The van der Waals surface area contributed by atoms with Gasteiger partial charge in [0.25, 0.3) is 5.91 Å². The van der Waals surface area contributed by atoms with Gasteiger partial charge in [-0.15, -0.1) is 24.0 Å². The van der Waals surface area contributed by atoms with Crippen molar-refractivity contribution in [1.82, 2.24) is 20.9 Å². The molecular weight excluding hydrogens is 453 g/mol. The van der Waals surface area contributed by atoms with Crippen LogP contribution >= 0.6 is 24.0 Å². The van der Waals surface area contributed by atoms with Crippen LogP contribution in [0.5, 0.6) is 0 Å². The number of amides is 1. The summed E-state index contributed by atoms with van der Waals surface area (Å²) >= 11 is 0. The van der Waals surface area contributed by atoms with Crippen molar-refractivity contribution in [3.63, 3.8) is 0 Å². The van der Waals surface area contributed by atoms with E-state index in [2.05, 4.69) is 32.8 Å². The number of rotatable bonds is 8. The van der Waals surface area contributed by atoms with E-state index in [1.165, 1.54) is 25.9 Å². The van der Waals surface area contributed by atoms with Crippen LogP contribution in [0.1, 0.15) is 36.5 Å². The maximum atomic E-state index is 12.0. The van der Waals surface area contributed by atoms with Gasteiger partial charge in [0.05, 0.1) is 0 Å². The molecule has 1 aliphatic heterocycles. The summed E-state index contributed by atoms with van der Waals surface area (Å²) in [6, 6.07) is 9.26. The predicted molar refractivity (Wildman–Crippen MR) is 123 cm³/mol. The zero-order chi connectivity index (χ0) is 18.6. The molecule has 0 saturated carbocycles. The molecule has 0 radical (unpaired) electrons. The Balaban J connectivity index is 0.00000364. The van der Waals surface area contributed by atoms with Crippen molar-refractivity contribution in [2.75, 3.05) is 46.3 Å². The molecule has 27 heavy (non-hydrogen) atoms. The molecule has 0 unspecified atom stereocenters. The molecule has 0 bridgehead atoms. The standard InChI is InChI=1S/C20H33N5O.HI/c1-17-9-15-25(16-10-17)14-6-11-23-20(21-2)24-13-12-22-19(26)18-7-4-3-5-8-18;/h3-5,7-8,17H,6,9-16H2,1-2H3,(H,22,26)(H2,21,23,24);1H. The number of guanidine groups is 1. The van der Waals surface area contributed by atoms with Crippen molar-refractivity contribution >= 4 is 35.8 Å². The minimum atomic E-state index is -0.0498. The highest BCUT2D eigenvalue weighted by Gasteiger charge is 2.14. The lowest BCUT2D eigenvalue weighted by atomic mass is 9.99. The third-order valence-electron chi connectivity index (χ3n) is 4.78. The highest BCUT2D eigenvalue weighted by atomic mass is 127. The summed E-state index contributed by atoms with van der Waals surface area (Å²) in [5, 5.41) is 9.47. The number of benzene rings is 1. The monoisotopic (exact) mass is 487 g/mol. The van der Waals surface area contributed by atoms with Crippen molar-refractivity contribution in [2.45, 2.75) is 26.2 Å². The Kier molecular flexibility index (Phi) is 12.1. The largest absolute Gasteiger partial charge is 0.356 e. The van der Waals surface area contributed by atoms with Gasteiger partial charge in [-0.3, -0.25) is 9.79 Å². The minimum Gasteiger partial charge on any atom is -0.356 e. The number of likely N-dealkylation sites (tertiary alicyclic amines) is 1. The number of hydrogen-bond donors (Lipinski definition) is 3. The Bertz CT molecular complexity index is 559. The van der Waals surface area contributed by atoms with Gasteiger partial charge in [-0.25, -0.2) is 0 Å². The average molecular weight is 487 g/mol. The van der Waals surface area contributed by atoms with E-state index in [1.807, 2.05) is 30.3 Å². The van der Waals surface area contributed by atoms with Gasteiger partial charge >= 0.3 is 0 Å². The first kappa shape index (κ1) is 23.7. The van der Waals surface area contributed by atoms with Crippen LogP contribution in [0.4, 0.5) is 0 Å². The fourth-order valence-corrected chi connectivity index (χ4v) is 3.06. The maximum Gasteiger partial charge on any atom is 0.251 e. The zero-order valence-corrected chi connectivity index (χ0v) is 18.9. The van der Waals surface area contributed by atoms with Gasteiger partial charge in [-0.2, -0.15) is 0 Å². The molecule has 1 saturated heterocycles. The third-order valence-corrected chi connectivity index (χ3v) is 4.78. The average Bonchev–Trinajstić information content (AvgIpc) is 2.68. The number of carbonyl (C=O) groups is 1. The molecule has 1 aromatic rings. The van der Waals surface area contributed by atoms with E-state index in [9.17, 15) is 4.79 Å². The number of nitrogens with one attached hydrogen (secondary N) is 3. The molecule has 0 aromatic heterocycles. The first-order valence-electron chi connectivity index (χ1n) is 9.69. The lowest BCUT2D eigenvalue weighted by Gasteiger charge is -2.30. The van der Waals surface area contributed by atoms with E-state index in [-0.39, 0.29) is 29.9 Å². The Hall–Kier alpha value is -1.35. The summed E-state index contributed by atoms with van der Waals surface area (Å²) in [6.07, 6.45) is 3.76. The van der Waals surface area contributed by atoms with E-state index in [1.54, 1.807) is 7.05 Å². The summed E-state index contributed by atoms with van der Waals surface area (Å²) in [5.41, 5.74) is 0.683. The fraction of sp³-hybridized carbons (Fsp3) is 0.600. The molecule has 2 rings (SSSR count). The Morgan fingerprint density at radius 1 is 1.07 bits per heavy atom. The number of piperidine rings is 1. The number of aliphatic imine (C=N–C) groups is 1. The first-order valence-corrected chi connectivity index (χ1v) is 9.69. The number of halogens is 1. The quantitative estimate of drug-likeness (QED) is 0.228. The molecule has 1 aliphatic rings. The van der Waals surface area contributed by atoms with Crippen molar-refractivity contribution in [1.29, 1.82) is 0 Å². The SMILES string of the molecule is CN=C(NCCCN1CCC(C)CC1)NCCNC(=O)c1ccccc1.I. The smallest absolute Gasteiger partial charge is 0.251 e. The van der Waals surface area contributed by atoms with Gasteiger partial charge in [0.2, 0.25) is 0 Å². The molecule has 152 valence electrons. The summed E-state index contributed by atoms with van der Waals surface area (Å²) in [5.74, 6) is 1.62. The lowest BCUT2D eigenvalue weighted by Crippen LogP contribution is -2.42. The van der Waals surface area contributed by atoms with E-state index in [0.717, 1.165) is 31.4 Å². The van der Waals surface area contributed by atoms with Crippen LogP contribution < -0.4 is 16.0 Å².